The Kier molecular flexibility index (Phi) is 6.14. The highest BCUT2D eigenvalue weighted by Crippen LogP contribution is 2.45. The number of anilines is 1. The summed E-state index contributed by atoms with van der Waals surface area (Å²) >= 11 is 6.33. The third-order valence-electron chi connectivity index (χ3n) is 8.04. The Hall–Kier alpha value is -2.72. The van der Waals surface area contributed by atoms with Crippen molar-refractivity contribution >= 4 is 17.4 Å². The van der Waals surface area contributed by atoms with E-state index in [1.54, 1.807) is 13.0 Å². The van der Waals surface area contributed by atoms with E-state index in [4.69, 9.17) is 11.6 Å². The molecular formula is C26H27ClF4N6. The predicted molar refractivity (Wildman–Crippen MR) is 131 cm³/mol. The molecular weight excluding hydrogens is 508 g/mol. The molecule has 1 aromatic carbocycles. The Morgan fingerprint density at radius 3 is 2.46 bits per heavy atom. The molecule has 0 spiro atoms. The lowest BCUT2D eigenvalue weighted by Gasteiger charge is -2.43. The van der Waals surface area contributed by atoms with Gasteiger partial charge in [-0.2, -0.15) is 13.2 Å². The minimum Gasteiger partial charge on any atom is -0.357 e. The summed E-state index contributed by atoms with van der Waals surface area (Å²) in [5.41, 5.74) is 2.29. The zero-order chi connectivity index (χ0) is 25.9. The number of aryl methyl sites for hydroxylation is 1. The number of fused-ring (bicyclic) bond motifs is 3. The van der Waals surface area contributed by atoms with Crippen LogP contribution in [-0.2, 0) is 13.1 Å². The summed E-state index contributed by atoms with van der Waals surface area (Å²) in [6.45, 7) is 4.13. The number of rotatable bonds is 3. The van der Waals surface area contributed by atoms with Crippen molar-refractivity contribution in [3.8, 4) is 5.69 Å². The monoisotopic (exact) mass is 534 g/mol. The zero-order valence-electron chi connectivity index (χ0n) is 20.3. The van der Waals surface area contributed by atoms with Crippen LogP contribution in [0.15, 0.2) is 30.3 Å². The summed E-state index contributed by atoms with van der Waals surface area (Å²) in [5.74, 6) is 0.985. The van der Waals surface area contributed by atoms with E-state index in [0.29, 0.717) is 23.8 Å². The highest BCUT2D eigenvalue weighted by Gasteiger charge is 2.49. The number of alkyl halides is 3. The number of benzene rings is 1. The first kappa shape index (κ1) is 24.6. The molecule has 2 fully saturated rings. The van der Waals surface area contributed by atoms with Crippen LogP contribution in [0.4, 0.5) is 23.4 Å². The maximum Gasteiger partial charge on any atom is 0.391 e. The van der Waals surface area contributed by atoms with E-state index in [9.17, 15) is 17.6 Å². The van der Waals surface area contributed by atoms with Crippen LogP contribution in [0.3, 0.4) is 0 Å². The topological polar surface area (TPSA) is 50.1 Å². The van der Waals surface area contributed by atoms with E-state index >= 15 is 0 Å². The van der Waals surface area contributed by atoms with E-state index in [1.807, 2.05) is 18.2 Å². The van der Waals surface area contributed by atoms with Crippen LogP contribution in [0, 0.1) is 18.7 Å². The van der Waals surface area contributed by atoms with Crippen molar-refractivity contribution in [1.29, 1.82) is 0 Å². The SMILES string of the molecule is Cc1nc(N2CCC(c3nnc4n3-c3ccc(Cl)cc3CN(C3CC(C(F)(F)F)C3)C4)CC2)ccc1F. The maximum atomic E-state index is 13.7. The number of hydrogen-bond acceptors (Lipinski definition) is 5. The van der Waals surface area contributed by atoms with Crippen molar-refractivity contribution in [2.45, 2.75) is 63.8 Å². The van der Waals surface area contributed by atoms with Crippen LogP contribution in [0.2, 0.25) is 5.02 Å². The lowest BCUT2D eigenvalue weighted by Crippen LogP contribution is -2.48. The molecule has 196 valence electrons. The van der Waals surface area contributed by atoms with Gasteiger partial charge in [0.05, 0.1) is 23.8 Å². The predicted octanol–water partition coefficient (Wildman–Crippen LogP) is 5.80. The van der Waals surface area contributed by atoms with Crippen molar-refractivity contribution < 1.29 is 17.6 Å². The zero-order valence-corrected chi connectivity index (χ0v) is 21.1. The molecule has 0 radical (unpaired) electrons. The summed E-state index contributed by atoms with van der Waals surface area (Å²) in [4.78, 5) is 8.63. The molecule has 11 heteroatoms. The van der Waals surface area contributed by atoms with Crippen LogP contribution >= 0.6 is 11.6 Å². The Morgan fingerprint density at radius 1 is 1.00 bits per heavy atom. The van der Waals surface area contributed by atoms with E-state index in [1.165, 1.54) is 6.07 Å². The second kappa shape index (κ2) is 9.23. The number of aromatic nitrogens is 4. The summed E-state index contributed by atoms with van der Waals surface area (Å²) in [7, 11) is 0. The summed E-state index contributed by atoms with van der Waals surface area (Å²) in [5, 5.41) is 9.70. The second-order valence-corrected chi connectivity index (χ2v) is 10.8. The summed E-state index contributed by atoms with van der Waals surface area (Å²) < 4.78 is 55.2. The first-order valence-corrected chi connectivity index (χ1v) is 13.0. The fourth-order valence-corrected chi connectivity index (χ4v) is 5.99. The number of pyridine rings is 1. The molecule has 3 aliphatic rings. The smallest absolute Gasteiger partial charge is 0.357 e. The fraction of sp³-hybridized carbons (Fsp3) is 0.500. The lowest BCUT2D eigenvalue weighted by molar-refractivity contribution is -0.207. The number of piperidine rings is 1. The molecule has 4 heterocycles. The van der Waals surface area contributed by atoms with Crippen molar-refractivity contribution in [2.75, 3.05) is 18.0 Å². The molecule has 1 aliphatic carbocycles. The van der Waals surface area contributed by atoms with Gasteiger partial charge in [-0.25, -0.2) is 9.37 Å². The van der Waals surface area contributed by atoms with Gasteiger partial charge in [0, 0.05) is 36.6 Å². The van der Waals surface area contributed by atoms with Gasteiger partial charge in [0.1, 0.15) is 17.5 Å². The lowest BCUT2D eigenvalue weighted by atomic mass is 9.78. The Labute approximate surface area is 217 Å². The molecule has 6 nitrogen and oxygen atoms in total. The minimum absolute atomic E-state index is 0.107. The van der Waals surface area contributed by atoms with Gasteiger partial charge in [0.2, 0.25) is 0 Å². The Morgan fingerprint density at radius 2 is 1.76 bits per heavy atom. The third-order valence-corrected chi connectivity index (χ3v) is 8.27. The van der Waals surface area contributed by atoms with Crippen LogP contribution in [0.1, 0.15) is 54.5 Å². The standard InChI is InChI=1S/C26H27ClF4N6/c1-15-21(28)3-5-23(32-15)35-8-6-16(7-9-35)25-34-33-24-14-36(20-11-18(12-20)26(29,30)31)13-17-10-19(27)2-4-22(17)37(24)25/h2-5,10,16,18,20H,6-9,11-14H2,1H3. The van der Waals surface area contributed by atoms with E-state index in [0.717, 1.165) is 54.6 Å². The maximum absolute atomic E-state index is 13.7. The molecule has 0 bridgehead atoms. The van der Waals surface area contributed by atoms with Gasteiger partial charge in [-0.3, -0.25) is 9.47 Å². The van der Waals surface area contributed by atoms with E-state index in [-0.39, 0.29) is 30.6 Å². The normalized spacial score (nSPS) is 22.8. The van der Waals surface area contributed by atoms with Gasteiger partial charge < -0.3 is 4.90 Å². The van der Waals surface area contributed by atoms with Gasteiger partial charge in [-0.05, 0) is 68.5 Å². The molecule has 3 aromatic rings. The van der Waals surface area contributed by atoms with Gasteiger partial charge in [0.15, 0.2) is 5.82 Å². The van der Waals surface area contributed by atoms with Gasteiger partial charge >= 0.3 is 6.18 Å². The van der Waals surface area contributed by atoms with Crippen LogP contribution in [-0.4, -0.2) is 50.0 Å². The van der Waals surface area contributed by atoms with Crippen molar-refractivity contribution in [3.05, 3.63) is 64.1 Å². The highest BCUT2D eigenvalue weighted by molar-refractivity contribution is 6.30. The molecule has 0 atom stereocenters. The van der Waals surface area contributed by atoms with E-state index < -0.39 is 12.1 Å². The molecule has 0 N–H and O–H groups in total. The Bertz CT molecular complexity index is 1310. The highest BCUT2D eigenvalue weighted by atomic mass is 35.5. The van der Waals surface area contributed by atoms with Crippen LogP contribution in [0.5, 0.6) is 0 Å². The van der Waals surface area contributed by atoms with Gasteiger partial charge in [-0.15, -0.1) is 10.2 Å². The quantitative estimate of drug-likeness (QED) is 0.397. The van der Waals surface area contributed by atoms with Gasteiger partial charge in [-0.1, -0.05) is 11.6 Å². The molecule has 2 aromatic heterocycles. The number of halogens is 5. The number of nitrogens with zero attached hydrogens (tertiary/aromatic N) is 6. The first-order valence-electron chi connectivity index (χ1n) is 12.6. The average molecular weight is 535 g/mol. The molecule has 2 aliphatic heterocycles. The first-order chi connectivity index (χ1) is 17.7. The second-order valence-electron chi connectivity index (χ2n) is 10.3. The van der Waals surface area contributed by atoms with Crippen molar-refractivity contribution in [3.63, 3.8) is 0 Å². The molecule has 37 heavy (non-hydrogen) atoms. The molecule has 6 rings (SSSR count). The summed E-state index contributed by atoms with van der Waals surface area (Å²) in [6.07, 6.45) is -2.27. The van der Waals surface area contributed by atoms with Crippen LogP contribution in [0.25, 0.3) is 5.69 Å². The summed E-state index contributed by atoms with van der Waals surface area (Å²) in [6, 6.07) is 8.70. The average Bonchev–Trinajstić information content (AvgIpc) is 3.15. The molecule has 0 unspecified atom stereocenters. The largest absolute Gasteiger partial charge is 0.391 e. The minimum atomic E-state index is -4.15. The van der Waals surface area contributed by atoms with E-state index in [2.05, 4.69) is 29.5 Å². The molecule has 1 saturated heterocycles. The molecule has 1 saturated carbocycles. The number of hydrogen-bond donors (Lipinski definition) is 0. The fourth-order valence-electron chi connectivity index (χ4n) is 5.80. The third kappa shape index (κ3) is 4.58. The van der Waals surface area contributed by atoms with Crippen LogP contribution < -0.4 is 4.90 Å². The van der Waals surface area contributed by atoms with Crippen molar-refractivity contribution in [2.24, 2.45) is 5.92 Å². The Balaban J connectivity index is 1.25. The molecule has 0 amide bonds. The van der Waals surface area contributed by atoms with Gasteiger partial charge in [0.25, 0.3) is 0 Å². The van der Waals surface area contributed by atoms with Crippen molar-refractivity contribution in [1.82, 2.24) is 24.6 Å².